The maximum absolute atomic E-state index is 13.2. The van der Waals surface area contributed by atoms with Gasteiger partial charge in [-0.1, -0.05) is 48.6 Å². The summed E-state index contributed by atoms with van der Waals surface area (Å²) in [5.74, 6) is 0.685. The molecule has 3 aromatic rings. The number of nitrogens with zero attached hydrogens (tertiary/aromatic N) is 3. The molecule has 0 atom stereocenters. The van der Waals surface area contributed by atoms with Gasteiger partial charge in [0.25, 0.3) is 5.91 Å². The summed E-state index contributed by atoms with van der Waals surface area (Å²) in [7, 11) is 1.67. The van der Waals surface area contributed by atoms with Gasteiger partial charge in [0.1, 0.15) is 11.6 Å². The molecular weight excluding hydrogens is 453 g/mol. The molecule has 184 valence electrons. The average Bonchev–Trinajstić information content (AvgIpc) is 2.94. The van der Waals surface area contributed by atoms with Gasteiger partial charge in [0.05, 0.1) is 12.7 Å². The van der Waals surface area contributed by atoms with Gasteiger partial charge in [-0.25, -0.2) is 4.39 Å². The molecule has 1 saturated heterocycles. The second-order valence-corrected chi connectivity index (χ2v) is 9.11. The van der Waals surface area contributed by atoms with E-state index in [1.165, 1.54) is 12.1 Å². The van der Waals surface area contributed by atoms with Crippen LogP contribution in [0.25, 0.3) is 11.1 Å². The molecule has 0 radical (unpaired) electrons. The van der Waals surface area contributed by atoms with E-state index in [0.717, 1.165) is 54.3 Å². The van der Waals surface area contributed by atoms with Gasteiger partial charge < -0.3 is 14.5 Å². The molecule has 0 spiro atoms. The summed E-state index contributed by atoms with van der Waals surface area (Å²) in [5, 5.41) is 0. The Morgan fingerprint density at radius 2 is 1.50 bits per heavy atom. The Labute approximate surface area is 211 Å². The molecule has 3 aromatic carbocycles. The molecule has 5 nitrogen and oxygen atoms in total. The van der Waals surface area contributed by atoms with E-state index in [2.05, 4.69) is 34.1 Å². The number of methoxy groups -OCH3 is 1. The van der Waals surface area contributed by atoms with Crippen LogP contribution in [0.15, 0.2) is 96.7 Å². The monoisotopic (exact) mass is 483 g/mol. The Morgan fingerprint density at radius 1 is 0.861 bits per heavy atom. The van der Waals surface area contributed by atoms with E-state index in [9.17, 15) is 9.18 Å². The smallest absolute Gasteiger partial charge is 0.255 e. The summed E-state index contributed by atoms with van der Waals surface area (Å²) < 4.78 is 18.4. The first-order chi connectivity index (χ1) is 17.6. The van der Waals surface area contributed by atoms with E-state index >= 15 is 0 Å². The zero-order chi connectivity index (χ0) is 24.9. The van der Waals surface area contributed by atoms with E-state index in [0.29, 0.717) is 18.7 Å². The maximum Gasteiger partial charge on any atom is 0.255 e. The molecule has 2 heterocycles. The van der Waals surface area contributed by atoms with E-state index in [1.54, 1.807) is 7.11 Å². The highest BCUT2D eigenvalue weighted by atomic mass is 19.1. The van der Waals surface area contributed by atoms with Crippen LogP contribution in [0, 0.1) is 5.82 Å². The van der Waals surface area contributed by atoms with Crippen LogP contribution < -0.4 is 9.64 Å². The van der Waals surface area contributed by atoms with Crippen LogP contribution in [0.2, 0.25) is 0 Å². The predicted octanol–water partition coefficient (Wildman–Crippen LogP) is 5.11. The summed E-state index contributed by atoms with van der Waals surface area (Å²) >= 11 is 0. The van der Waals surface area contributed by atoms with Crippen molar-refractivity contribution in [2.24, 2.45) is 0 Å². The number of carbonyl (C=O) groups excluding carboxylic acids is 1. The first kappa shape index (κ1) is 23.8. The molecule has 0 saturated carbocycles. The number of piperazine rings is 1. The van der Waals surface area contributed by atoms with Crippen LogP contribution in [0.1, 0.15) is 5.56 Å². The van der Waals surface area contributed by atoms with Crippen molar-refractivity contribution in [2.45, 2.75) is 6.54 Å². The largest absolute Gasteiger partial charge is 0.497 e. The minimum absolute atomic E-state index is 0.0623. The molecule has 1 amide bonds. The number of rotatable bonds is 6. The van der Waals surface area contributed by atoms with Gasteiger partial charge in [0.15, 0.2) is 0 Å². The van der Waals surface area contributed by atoms with Crippen molar-refractivity contribution in [3.8, 4) is 16.9 Å². The molecule has 1 fully saturated rings. The van der Waals surface area contributed by atoms with Crippen LogP contribution >= 0.6 is 0 Å². The van der Waals surface area contributed by atoms with Crippen LogP contribution in [-0.4, -0.2) is 55.5 Å². The van der Waals surface area contributed by atoms with Crippen LogP contribution in [0.5, 0.6) is 5.75 Å². The van der Waals surface area contributed by atoms with E-state index in [4.69, 9.17) is 4.74 Å². The van der Waals surface area contributed by atoms with Gasteiger partial charge in [-0.15, -0.1) is 0 Å². The molecule has 6 heteroatoms. The Kier molecular flexibility index (Phi) is 7.14. The van der Waals surface area contributed by atoms with Gasteiger partial charge in [-0.3, -0.25) is 9.69 Å². The van der Waals surface area contributed by atoms with Crippen molar-refractivity contribution < 1.29 is 13.9 Å². The third kappa shape index (κ3) is 5.50. The predicted molar refractivity (Wildman–Crippen MR) is 141 cm³/mol. The Hall–Kier alpha value is -3.90. The topological polar surface area (TPSA) is 36.0 Å². The molecule has 0 aromatic heterocycles. The van der Waals surface area contributed by atoms with Crippen LogP contribution in [0.3, 0.4) is 0 Å². The van der Waals surface area contributed by atoms with Crippen molar-refractivity contribution in [2.75, 3.05) is 44.7 Å². The number of amides is 1. The molecule has 5 rings (SSSR count). The van der Waals surface area contributed by atoms with Crippen LogP contribution in [0.4, 0.5) is 10.1 Å². The SMILES string of the molecule is COc1ccc(-c2ccc(N3C=C(C(=O)N4CCN(Cc5ccc(F)cc5)CC4)C=CC3)cc2)cc1. The van der Waals surface area contributed by atoms with E-state index in [1.807, 2.05) is 59.7 Å². The van der Waals surface area contributed by atoms with Crippen molar-refractivity contribution in [1.29, 1.82) is 0 Å². The number of ether oxygens (including phenoxy) is 1. The lowest BCUT2D eigenvalue weighted by atomic mass is 10.0. The summed E-state index contributed by atoms with van der Waals surface area (Å²) in [6.45, 7) is 4.46. The molecule has 36 heavy (non-hydrogen) atoms. The molecule has 0 aliphatic carbocycles. The van der Waals surface area contributed by atoms with Gasteiger partial charge in [0.2, 0.25) is 0 Å². The summed E-state index contributed by atoms with van der Waals surface area (Å²) in [6, 6.07) is 23.0. The fraction of sp³-hybridized carbons (Fsp3) is 0.233. The molecule has 0 N–H and O–H groups in total. The van der Waals surface area contributed by atoms with Crippen molar-refractivity contribution >= 4 is 11.6 Å². The fourth-order valence-corrected chi connectivity index (χ4v) is 4.63. The minimum Gasteiger partial charge on any atom is -0.497 e. The fourth-order valence-electron chi connectivity index (χ4n) is 4.63. The number of halogens is 1. The number of carbonyl (C=O) groups is 1. The highest BCUT2D eigenvalue weighted by Gasteiger charge is 2.24. The molecule has 2 aliphatic heterocycles. The number of hydrogen-bond donors (Lipinski definition) is 0. The summed E-state index contributed by atoms with van der Waals surface area (Å²) in [6.07, 6.45) is 5.92. The number of benzene rings is 3. The first-order valence-corrected chi connectivity index (χ1v) is 12.2. The highest BCUT2D eigenvalue weighted by Crippen LogP contribution is 2.27. The van der Waals surface area contributed by atoms with Crippen molar-refractivity contribution in [1.82, 2.24) is 9.80 Å². The number of hydrogen-bond acceptors (Lipinski definition) is 4. The summed E-state index contributed by atoms with van der Waals surface area (Å²) in [4.78, 5) is 19.6. The van der Waals surface area contributed by atoms with Crippen molar-refractivity contribution in [3.63, 3.8) is 0 Å². The van der Waals surface area contributed by atoms with E-state index in [-0.39, 0.29) is 11.7 Å². The molecule has 0 bridgehead atoms. The molecule has 2 aliphatic rings. The Balaban J connectivity index is 1.19. The molecular formula is C30H30FN3O2. The van der Waals surface area contributed by atoms with Crippen molar-refractivity contribution in [3.05, 3.63) is 108 Å². The Morgan fingerprint density at radius 3 is 2.14 bits per heavy atom. The lowest BCUT2D eigenvalue weighted by Gasteiger charge is -2.35. The zero-order valence-electron chi connectivity index (χ0n) is 20.4. The second kappa shape index (κ2) is 10.8. The normalized spacial score (nSPS) is 16.1. The van der Waals surface area contributed by atoms with Crippen LogP contribution in [-0.2, 0) is 11.3 Å². The molecule has 0 unspecified atom stereocenters. The maximum atomic E-state index is 13.2. The second-order valence-electron chi connectivity index (χ2n) is 9.11. The number of anilines is 1. The average molecular weight is 484 g/mol. The van der Waals surface area contributed by atoms with Gasteiger partial charge in [-0.2, -0.15) is 0 Å². The Bertz CT molecular complexity index is 1240. The van der Waals surface area contributed by atoms with Gasteiger partial charge >= 0.3 is 0 Å². The standard InChI is InChI=1S/C30H30FN3O2/c1-36-29-14-8-25(9-15-29)24-6-12-28(13-7-24)34-16-2-3-26(22-34)30(35)33-19-17-32(18-20-33)21-23-4-10-27(31)11-5-23/h2-15,22H,16-21H2,1H3. The highest BCUT2D eigenvalue weighted by molar-refractivity contribution is 5.97. The first-order valence-electron chi connectivity index (χ1n) is 12.2. The van der Waals surface area contributed by atoms with Gasteiger partial charge in [-0.05, 0) is 53.1 Å². The minimum atomic E-state index is -0.217. The quantitative estimate of drug-likeness (QED) is 0.489. The lowest BCUT2D eigenvalue weighted by Crippen LogP contribution is -2.48. The zero-order valence-corrected chi connectivity index (χ0v) is 20.4. The third-order valence-electron chi connectivity index (χ3n) is 6.74. The summed E-state index contributed by atoms with van der Waals surface area (Å²) in [5.41, 5.74) is 5.10. The lowest BCUT2D eigenvalue weighted by molar-refractivity contribution is -0.128. The van der Waals surface area contributed by atoms with E-state index < -0.39 is 0 Å². The third-order valence-corrected chi connectivity index (χ3v) is 6.74. The van der Waals surface area contributed by atoms with Gasteiger partial charge in [0, 0.05) is 51.2 Å².